The van der Waals surface area contributed by atoms with Crippen molar-refractivity contribution < 1.29 is 4.79 Å². The Labute approximate surface area is 142 Å². The van der Waals surface area contributed by atoms with Gasteiger partial charge in [0.2, 0.25) is 5.91 Å². The minimum absolute atomic E-state index is 0.111. The van der Waals surface area contributed by atoms with Crippen LogP contribution >= 0.6 is 11.8 Å². The second kappa shape index (κ2) is 7.78. The third-order valence-corrected chi connectivity index (χ3v) is 5.46. The van der Waals surface area contributed by atoms with Gasteiger partial charge in [-0.15, -0.1) is 0 Å². The van der Waals surface area contributed by atoms with Gasteiger partial charge in [0.15, 0.2) is 0 Å². The molecule has 1 heterocycles. The molecule has 2 rings (SSSR count). The largest absolute Gasteiger partial charge is 0.342 e. The van der Waals surface area contributed by atoms with E-state index in [1.54, 1.807) is 13.8 Å². The molecule has 0 saturated heterocycles. The zero-order chi connectivity index (χ0) is 17.0. The first kappa shape index (κ1) is 17.7. The lowest BCUT2D eigenvalue weighted by Gasteiger charge is -2.32. The molecule has 0 radical (unpaired) electrons. The maximum Gasteiger partial charge on any atom is 0.235 e. The Kier molecular flexibility index (Phi) is 6.00. The molecule has 23 heavy (non-hydrogen) atoms. The first-order valence-corrected chi connectivity index (χ1v) is 9.00. The summed E-state index contributed by atoms with van der Waals surface area (Å²) in [5.74, 6) is 0.740. The molecule has 0 spiro atoms. The highest BCUT2D eigenvalue weighted by Gasteiger charge is 2.27. The van der Waals surface area contributed by atoms with Crippen molar-refractivity contribution in [2.75, 3.05) is 7.05 Å². The van der Waals surface area contributed by atoms with E-state index in [-0.39, 0.29) is 11.2 Å². The summed E-state index contributed by atoms with van der Waals surface area (Å²) in [6.45, 7) is 5.50. The second-order valence-electron chi connectivity index (χ2n) is 6.15. The van der Waals surface area contributed by atoms with Gasteiger partial charge in [0.05, 0.1) is 10.9 Å². The summed E-state index contributed by atoms with van der Waals surface area (Å²) in [4.78, 5) is 23.2. The molecule has 124 valence electrons. The molecule has 5 nitrogen and oxygen atoms in total. The molecule has 1 unspecified atom stereocenters. The van der Waals surface area contributed by atoms with E-state index in [0.717, 1.165) is 12.8 Å². The molecule has 1 saturated carbocycles. The van der Waals surface area contributed by atoms with Crippen LogP contribution in [-0.4, -0.2) is 39.1 Å². The predicted molar refractivity (Wildman–Crippen MR) is 91.2 cm³/mol. The summed E-state index contributed by atoms with van der Waals surface area (Å²) in [5, 5.41) is 9.66. The Hall–Kier alpha value is -1.61. The van der Waals surface area contributed by atoms with Crippen LogP contribution in [0.4, 0.5) is 0 Å². The molecule has 1 atom stereocenters. The number of hydrogen-bond acceptors (Lipinski definition) is 5. The van der Waals surface area contributed by atoms with Crippen molar-refractivity contribution in [1.82, 2.24) is 14.9 Å². The van der Waals surface area contributed by atoms with Crippen LogP contribution in [0.2, 0.25) is 0 Å². The van der Waals surface area contributed by atoms with Crippen LogP contribution in [0.15, 0.2) is 5.03 Å². The fourth-order valence-electron chi connectivity index (χ4n) is 3.05. The van der Waals surface area contributed by atoms with E-state index >= 15 is 0 Å². The van der Waals surface area contributed by atoms with Crippen molar-refractivity contribution in [2.24, 2.45) is 0 Å². The Bertz CT molecular complexity index is 620. The lowest BCUT2D eigenvalue weighted by Crippen LogP contribution is -2.42. The molecule has 1 aromatic rings. The van der Waals surface area contributed by atoms with Crippen molar-refractivity contribution in [1.29, 1.82) is 5.26 Å². The molecule has 1 fully saturated rings. The standard InChI is InChI=1S/C17H24N4OS/c1-11-15(10-18)16(20-13(3)19-11)23-12(2)17(22)21(4)14-8-6-5-7-9-14/h12,14H,5-9H2,1-4H3. The number of nitriles is 1. The smallest absolute Gasteiger partial charge is 0.235 e. The highest BCUT2D eigenvalue weighted by Crippen LogP contribution is 2.29. The van der Waals surface area contributed by atoms with Gasteiger partial charge < -0.3 is 4.90 Å². The van der Waals surface area contributed by atoms with Crippen LogP contribution in [-0.2, 0) is 4.79 Å². The maximum absolute atomic E-state index is 12.7. The van der Waals surface area contributed by atoms with E-state index in [4.69, 9.17) is 0 Å². The van der Waals surface area contributed by atoms with Crippen LogP contribution in [0, 0.1) is 25.2 Å². The number of carbonyl (C=O) groups is 1. The average Bonchev–Trinajstić information content (AvgIpc) is 2.54. The topological polar surface area (TPSA) is 69.9 Å². The van der Waals surface area contributed by atoms with Gasteiger partial charge in [0.1, 0.15) is 22.5 Å². The number of rotatable bonds is 4. The van der Waals surface area contributed by atoms with Crippen molar-refractivity contribution in [3.8, 4) is 6.07 Å². The Morgan fingerprint density at radius 3 is 2.57 bits per heavy atom. The van der Waals surface area contributed by atoms with Gasteiger partial charge in [-0.1, -0.05) is 31.0 Å². The zero-order valence-electron chi connectivity index (χ0n) is 14.3. The van der Waals surface area contributed by atoms with E-state index in [1.165, 1.54) is 31.0 Å². The molecule has 1 aliphatic rings. The van der Waals surface area contributed by atoms with Crippen LogP contribution in [0.25, 0.3) is 0 Å². The van der Waals surface area contributed by atoms with E-state index in [1.807, 2.05) is 18.9 Å². The number of nitrogens with zero attached hydrogens (tertiary/aromatic N) is 4. The number of aromatic nitrogens is 2. The molecular weight excluding hydrogens is 308 g/mol. The number of hydrogen-bond donors (Lipinski definition) is 0. The molecule has 1 aliphatic carbocycles. The molecule has 0 N–H and O–H groups in total. The monoisotopic (exact) mass is 332 g/mol. The van der Waals surface area contributed by atoms with Gasteiger partial charge in [-0.3, -0.25) is 4.79 Å². The van der Waals surface area contributed by atoms with E-state index in [0.29, 0.717) is 28.1 Å². The highest BCUT2D eigenvalue weighted by atomic mass is 32.2. The van der Waals surface area contributed by atoms with Crippen LogP contribution in [0.3, 0.4) is 0 Å². The van der Waals surface area contributed by atoms with Gasteiger partial charge in [0.25, 0.3) is 0 Å². The molecule has 1 amide bonds. The van der Waals surface area contributed by atoms with Crippen LogP contribution < -0.4 is 0 Å². The average molecular weight is 332 g/mol. The first-order chi connectivity index (χ1) is 10.9. The van der Waals surface area contributed by atoms with Gasteiger partial charge in [-0.05, 0) is 33.6 Å². The van der Waals surface area contributed by atoms with Gasteiger partial charge in [-0.25, -0.2) is 9.97 Å². The predicted octanol–water partition coefficient (Wildman–Crippen LogP) is 3.24. The van der Waals surface area contributed by atoms with Crippen molar-refractivity contribution in [2.45, 2.75) is 69.2 Å². The minimum atomic E-state index is -0.261. The second-order valence-corrected chi connectivity index (χ2v) is 7.48. The summed E-state index contributed by atoms with van der Waals surface area (Å²) in [6.07, 6.45) is 5.86. The molecule has 0 aromatic carbocycles. The summed E-state index contributed by atoms with van der Waals surface area (Å²) in [5.41, 5.74) is 1.14. The van der Waals surface area contributed by atoms with Crippen molar-refractivity contribution in [3.05, 3.63) is 17.1 Å². The van der Waals surface area contributed by atoms with Gasteiger partial charge in [-0.2, -0.15) is 5.26 Å². The van der Waals surface area contributed by atoms with Crippen LogP contribution in [0.1, 0.15) is 56.1 Å². The fraction of sp³-hybridized carbons (Fsp3) is 0.647. The lowest BCUT2D eigenvalue weighted by molar-refractivity contribution is -0.131. The van der Waals surface area contributed by atoms with E-state index in [2.05, 4.69) is 16.0 Å². The lowest BCUT2D eigenvalue weighted by atomic mass is 9.94. The Morgan fingerprint density at radius 2 is 1.96 bits per heavy atom. The normalized spacial score (nSPS) is 16.7. The van der Waals surface area contributed by atoms with E-state index < -0.39 is 0 Å². The van der Waals surface area contributed by atoms with Crippen LogP contribution in [0.5, 0.6) is 0 Å². The van der Waals surface area contributed by atoms with Gasteiger partial charge >= 0.3 is 0 Å². The SMILES string of the molecule is Cc1nc(C)c(C#N)c(SC(C)C(=O)N(C)C2CCCCC2)n1. The summed E-state index contributed by atoms with van der Waals surface area (Å²) in [6, 6.07) is 2.51. The summed E-state index contributed by atoms with van der Waals surface area (Å²) < 4.78 is 0. The molecule has 1 aromatic heterocycles. The van der Waals surface area contributed by atoms with E-state index in [9.17, 15) is 10.1 Å². The Morgan fingerprint density at radius 1 is 1.30 bits per heavy atom. The molecule has 0 aliphatic heterocycles. The quantitative estimate of drug-likeness (QED) is 0.625. The summed E-state index contributed by atoms with van der Waals surface area (Å²) in [7, 11) is 1.90. The molecule has 6 heteroatoms. The number of aryl methyl sites for hydroxylation is 2. The highest BCUT2D eigenvalue weighted by molar-refractivity contribution is 8.00. The molecule has 0 bridgehead atoms. The maximum atomic E-state index is 12.7. The van der Waals surface area contributed by atoms with Crippen molar-refractivity contribution >= 4 is 17.7 Å². The third-order valence-electron chi connectivity index (χ3n) is 4.39. The minimum Gasteiger partial charge on any atom is -0.342 e. The fourth-order valence-corrected chi connectivity index (χ4v) is 4.15. The van der Waals surface area contributed by atoms with Crippen molar-refractivity contribution in [3.63, 3.8) is 0 Å². The zero-order valence-corrected chi connectivity index (χ0v) is 15.1. The summed E-state index contributed by atoms with van der Waals surface area (Å²) >= 11 is 1.36. The number of thioether (sulfide) groups is 1. The third kappa shape index (κ3) is 4.23. The number of amides is 1. The first-order valence-electron chi connectivity index (χ1n) is 8.12. The number of carbonyl (C=O) groups excluding carboxylic acids is 1. The van der Waals surface area contributed by atoms with Gasteiger partial charge in [0, 0.05) is 13.1 Å². The molecular formula is C17H24N4OS. The Balaban J connectivity index is 2.10.